The summed E-state index contributed by atoms with van der Waals surface area (Å²) in [6, 6.07) is 17.9. The lowest BCUT2D eigenvalue weighted by Crippen LogP contribution is -2.59. The quantitative estimate of drug-likeness (QED) is 0.553. The van der Waals surface area contributed by atoms with Crippen molar-refractivity contribution in [1.29, 1.82) is 0 Å². The van der Waals surface area contributed by atoms with E-state index in [1.54, 1.807) is 64.1 Å². The molecule has 2 heterocycles. The molecule has 0 aliphatic carbocycles. The zero-order chi connectivity index (χ0) is 26.3. The Labute approximate surface area is 209 Å². The molecule has 0 saturated heterocycles. The van der Waals surface area contributed by atoms with Crippen molar-refractivity contribution in [3.05, 3.63) is 82.3 Å². The number of hydrazone groups is 1. The van der Waals surface area contributed by atoms with Gasteiger partial charge >= 0.3 is 6.09 Å². The van der Waals surface area contributed by atoms with Gasteiger partial charge in [-0.05, 0) is 57.9 Å². The van der Waals surface area contributed by atoms with Gasteiger partial charge in [-0.25, -0.2) is 9.48 Å². The van der Waals surface area contributed by atoms with Crippen LogP contribution in [0.4, 0.5) is 10.5 Å². The summed E-state index contributed by atoms with van der Waals surface area (Å²) < 4.78 is 6.90. The molecule has 4 rings (SSSR count). The Hall–Kier alpha value is -4.14. The standard InChI is InChI=1S/C27H31N5O4/c1-17(2)22-21(23(33)31(30-22)19-13-9-7-10-14-19)27(28-25(35)36-26(4,5)6)18(3)29-32(24(27)34)20-15-11-8-12-16-20/h7-17,30H,1-6H3,(H,28,35)/t27-/m1/s1. The molecule has 36 heavy (non-hydrogen) atoms. The molecule has 0 bridgehead atoms. The maximum Gasteiger partial charge on any atom is 0.409 e. The lowest BCUT2D eigenvalue weighted by Gasteiger charge is -2.31. The molecule has 0 unspecified atom stereocenters. The van der Waals surface area contributed by atoms with Crippen LogP contribution < -0.4 is 15.9 Å². The van der Waals surface area contributed by atoms with E-state index in [0.717, 1.165) is 0 Å². The summed E-state index contributed by atoms with van der Waals surface area (Å²) in [6.45, 7) is 10.6. The number of anilines is 1. The van der Waals surface area contributed by atoms with Gasteiger partial charge in [0.15, 0.2) is 5.54 Å². The van der Waals surface area contributed by atoms with E-state index >= 15 is 0 Å². The van der Waals surface area contributed by atoms with Crippen LogP contribution in [0.1, 0.15) is 58.7 Å². The predicted molar refractivity (Wildman–Crippen MR) is 139 cm³/mol. The number of benzene rings is 2. The Bertz CT molecular complexity index is 1370. The molecule has 188 valence electrons. The van der Waals surface area contributed by atoms with E-state index < -0.39 is 28.7 Å². The first-order chi connectivity index (χ1) is 17.0. The largest absolute Gasteiger partial charge is 0.444 e. The number of rotatable bonds is 5. The highest BCUT2D eigenvalue weighted by atomic mass is 16.6. The van der Waals surface area contributed by atoms with Crippen LogP contribution in [-0.4, -0.2) is 33.1 Å². The van der Waals surface area contributed by atoms with E-state index in [1.807, 2.05) is 38.1 Å². The highest BCUT2D eigenvalue weighted by molar-refractivity contribution is 6.23. The fourth-order valence-electron chi connectivity index (χ4n) is 4.27. The van der Waals surface area contributed by atoms with E-state index in [4.69, 9.17) is 4.74 Å². The molecule has 9 nitrogen and oxygen atoms in total. The third-order valence-electron chi connectivity index (χ3n) is 5.88. The third kappa shape index (κ3) is 4.32. The van der Waals surface area contributed by atoms with Crippen molar-refractivity contribution >= 4 is 23.4 Å². The van der Waals surface area contributed by atoms with Gasteiger partial charge in [-0.1, -0.05) is 50.2 Å². The van der Waals surface area contributed by atoms with Crippen molar-refractivity contribution in [3.63, 3.8) is 0 Å². The molecular formula is C27H31N5O4. The van der Waals surface area contributed by atoms with Crippen molar-refractivity contribution in [2.24, 2.45) is 5.10 Å². The fourth-order valence-corrected chi connectivity index (χ4v) is 4.27. The zero-order valence-corrected chi connectivity index (χ0v) is 21.3. The second-order valence-corrected chi connectivity index (χ2v) is 10.0. The molecule has 1 atom stereocenters. The molecule has 0 spiro atoms. The van der Waals surface area contributed by atoms with Gasteiger partial charge in [-0.2, -0.15) is 10.1 Å². The Morgan fingerprint density at radius 2 is 1.56 bits per heavy atom. The normalized spacial score (nSPS) is 17.9. The molecule has 2 amide bonds. The minimum Gasteiger partial charge on any atom is -0.444 e. The highest BCUT2D eigenvalue weighted by Gasteiger charge is 2.56. The topological polar surface area (TPSA) is 109 Å². The molecule has 0 radical (unpaired) electrons. The maximum atomic E-state index is 14.2. The Kier molecular flexibility index (Phi) is 6.34. The first-order valence-electron chi connectivity index (χ1n) is 11.8. The molecule has 1 aliphatic rings. The number of alkyl carbamates (subject to hydrolysis) is 1. The van der Waals surface area contributed by atoms with Crippen LogP contribution in [0.5, 0.6) is 0 Å². The van der Waals surface area contributed by atoms with Gasteiger partial charge < -0.3 is 4.74 Å². The summed E-state index contributed by atoms with van der Waals surface area (Å²) in [4.78, 5) is 41.3. The van der Waals surface area contributed by atoms with Gasteiger partial charge in [-0.15, -0.1) is 0 Å². The second-order valence-electron chi connectivity index (χ2n) is 10.0. The van der Waals surface area contributed by atoms with Crippen LogP contribution in [0.25, 0.3) is 5.69 Å². The first-order valence-corrected chi connectivity index (χ1v) is 11.8. The van der Waals surface area contributed by atoms with Crippen molar-refractivity contribution in [3.8, 4) is 5.69 Å². The molecule has 0 fully saturated rings. The summed E-state index contributed by atoms with van der Waals surface area (Å²) in [5, 5.41) is 11.6. The van der Waals surface area contributed by atoms with Crippen LogP contribution in [-0.2, 0) is 15.1 Å². The molecule has 1 aromatic heterocycles. The number of H-pyrrole nitrogens is 1. The monoisotopic (exact) mass is 489 g/mol. The number of nitrogens with zero attached hydrogens (tertiary/aromatic N) is 3. The van der Waals surface area contributed by atoms with Crippen LogP contribution in [0.15, 0.2) is 70.6 Å². The van der Waals surface area contributed by atoms with Crippen molar-refractivity contribution in [2.45, 2.75) is 58.6 Å². The van der Waals surface area contributed by atoms with Crippen LogP contribution in [0.3, 0.4) is 0 Å². The molecule has 1 aliphatic heterocycles. The minimum absolute atomic E-state index is 0.108. The second kappa shape index (κ2) is 9.14. The third-order valence-corrected chi connectivity index (χ3v) is 5.88. The average molecular weight is 490 g/mol. The number of amides is 2. The van der Waals surface area contributed by atoms with E-state index in [9.17, 15) is 14.4 Å². The summed E-state index contributed by atoms with van der Waals surface area (Å²) in [5.41, 5.74) is -1.16. The number of aromatic nitrogens is 2. The van der Waals surface area contributed by atoms with E-state index in [-0.39, 0.29) is 17.2 Å². The molecule has 3 aromatic rings. The van der Waals surface area contributed by atoms with Gasteiger partial charge in [-0.3, -0.25) is 20.0 Å². The highest BCUT2D eigenvalue weighted by Crippen LogP contribution is 2.36. The number of ether oxygens (including phenoxy) is 1. The van der Waals surface area contributed by atoms with Gasteiger partial charge in [0, 0.05) is 5.69 Å². The number of aromatic amines is 1. The van der Waals surface area contributed by atoms with Crippen molar-refractivity contribution < 1.29 is 14.3 Å². The van der Waals surface area contributed by atoms with Crippen LogP contribution >= 0.6 is 0 Å². The number of hydrogen-bond acceptors (Lipinski definition) is 5. The van der Waals surface area contributed by atoms with Crippen LogP contribution in [0.2, 0.25) is 0 Å². The summed E-state index contributed by atoms with van der Waals surface area (Å²) >= 11 is 0. The van der Waals surface area contributed by atoms with Gasteiger partial charge in [0.05, 0.1) is 22.6 Å². The number of hydrogen-bond donors (Lipinski definition) is 2. The SMILES string of the molecule is CC1=NN(c2ccccc2)C(=O)[C@]1(NC(=O)OC(C)(C)C)c1c(C(C)C)[nH]n(-c2ccccc2)c1=O. The lowest BCUT2D eigenvalue weighted by atomic mass is 9.83. The number of para-hydroxylation sites is 2. The summed E-state index contributed by atoms with van der Waals surface area (Å²) in [6.07, 6.45) is -0.832. The van der Waals surface area contributed by atoms with Gasteiger partial charge in [0.1, 0.15) is 5.60 Å². The van der Waals surface area contributed by atoms with Gasteiger partial charge in [0.25, 0.3) is 11.5 Å². The first kappa shape index (κ1) is 25.0. The van der Waals surface area contributed by atoms with E-state index in [2.05, 4.69) is 15.5 Å². The van der Waals surface area contributed by atoms with E-state index in [0.29, 0.717) is 17.1 Å². The van der Waals surface area contributed by atoms with Crippen molar-refractivity contribution in [2.75, 3.05) is 5.01 Å². The maximum absolute atomic E-state index is 14.2. The predicted octanol–water partition coefficient (Wildman–Crippen LogP) is 4.43. The number of carbonyl (C=O) groups is 2. The zero-order valence-electron chi connectivity index (χ0n) is 21.3. The fraction of sp³-hybridized carbons (Fsp3) is 0.333. The van der Waals surface area contributed by atoms with E-state index in [1.165, 1.54) is 9.69 Å². The van der Waals surface area contributed by atoms with Crippen LogP contribution in [0, 0.1) is 0 Å². The number of nitrogens with one attached hydrogen (secondary N) is 2. The minimum atomic E-state index is -1.87. The smallest absolute Gasteiger partial charge is 0.409 e. The molecule has 2 N–H and O–H groups in total. The van der Waals surface area contributed by atoms with Crippen molar-refractivity contribution in [1.82, 2.24) is 15.1 Å². The molecule has 2 aromatic carbocycles. The average Bonchev–Trinajstić information content (AvgIpc) is 3.29. The van der Waals surface area contributed by atoms with Gasteiger partial charge in [0.2, 0.25) is 0 Å². The summed E-state index contributed by atoms with van der Waals surface area (Å²) in [5.74, 6) is -0.753. The lowest BCUT2D eigenvalue weighted by molar-refractivity contribution is -0.122. The summed E-state index contributed by atoms with van der Waals surface area (Å²) in [7, 11) is 0. The Morgan fingerprint density at radius 3 is 2.08 bits per heavy atom. The molecule has 0 saturated carbocycles. The Balaban J connectivity index is 1.96. The molecular weight excluding hydrogens is 458 g/mol. The number of carbonyl (C=O) groups excluding carboxylic acids is 2. The Morgan fingerprint density at radius 1 is 1.00 bits per heavy atom. The molecule has 9 heteroatoms.